The molecule has 3 aromatic rings. The molecule has 0 aliphatic heterocycles. The van der Waals surface area contributed by atoms with Gasteiger partial charge in [-0.1, -0.05) is 64.5 Å². The molecule has 0 saturated heterocycles. The highest BCUT2D eigenvalue weighted by molar-refractivity contribution is 9.10. The molecule has 4 nitrogen and oxygen atoms in total. The van der Waals surface area contributed by atoms with Crippen LogP contribution in [0, 0.1) is 0 Å². The van der Waals surface area contributed by atoms with E-state index in [1.807, 2.05) is 53.4 Å². The first kappa shape index (κ1) is 14.7. The van der Waals surface area contributed by atoms with Crippen molar-refractivity contribution in [2.24, 2.45) is 0 Å². The van der Waals surface area contributed by atoms with E-state index in [4.69, 9.17) is 0 Å². The fraction of sp³-hybridized carbons (Fsp3) is 0.118. The topological polar surface area (TPSA) is 38.8 Å². The average molecular weight is 357 g/mol. The summed E-state index contributed by atoms with van der Waals surface area (Å²) in [5, 5.41) is 4.25. The number of hydrogen-bond acceptors (Lipinski definition) is 2. The van der Waals surface area contributed by atoms with Crippen LogP contribution in [-0.4, -0.2) is 15.6 Å². The van der Waals surface area contributed by atoms with Crippen LogP contribution in [0.5, 0.6) is 0 Å². The highest BCUT2D eigenvalue weighted by atomic mass is 79.9. The Bertz CT molecular complexity index is 783. The summed E-state index contributed by atoms with van der Waals surface area (Å²) in [5.41, 5.74) is 1.87. The Balaban J connectivity index is 1.69. The van der Waals surface area contributed by atoms with E-state index < -0.39 is 0 Å². The smallest absolute Gasteiger partial charge is 0.265 e. The van der Waals surface area contributed by atoms with Gasteiger partial charge < -0.3 is 0 Å². The van der Waals surface area contributed by atoms with Gasteiger partial charge in [0, 0.05) is 15.1 Å². The molecule has 5 heteroatoms. The monoisotopic (exact) mass is 356 g/mol. The lowest BCUT2D eigenvalue weighted by Crippen LogP contribution is -2.31. The van der Waals surface area contributed by atoms with Crippen LogP contribution in [0.25, 0.3) is 0 Å². The molecule has 0 unspecified atom stereocenters. The van der Waals surface area contributed by atoms with Crippen LogP contribution < -0.4 is 4.57 Å². The van der Waals surface area contributed by atoms with E-state index in [0.717, 1.165) is 11.0 Å². The third-order valence-corrected chi connectivity index (χ3v) is 4.01. The molecule has 2 aromatic carbocycles. The molecular weight excluding hydrogens is 342 g/mol. The standard InChI is InChI=1S/C17H15BrN3O/c18-16-9-5-4-8-15(16)17(22)11-21-13-20(12-19-21)10-14-6-2-1-3-7-14/h1-9,12-13H,10-11H2/q+1. The van der Waals surface area contributed by atoms with Gasteiger partial charge in [0.2, 0.25) is 12.1 Å². The second kappa shape index (κ2) is 6.66. The number of Topliss-reactive ketones (excluding diaryl/α,β-unsaturated/α-hetero) is 1. The molecule has 110 valence electrons. The second-order valence-corrected chi connectivity index (χ2v) is 5.86. The molecule has 0 radical (unpaired) electrons. The first-order chi connectivity index (χ1) is 10.7. The SMILES string of the molecule is O=C(Cn1c[n+](Cc2ccccc2)cn1)c1ccccc1Br. The van der Waals surface area contributed by atoms with Gasteiger partial charge in [-0.3, -0.25) is 4.79 Å². The number of carbonyl (C=O) groups is 1. The van der Waals surface area contributed by atoms with E-state index in [0.29, 0.717) is 5.56 Å². The van der Waals surface area contributed by atoms with Gasteiger partial charge in [-0.2, -0.15) is 0 Å². The summed E-state index contributed by atoms with van der Waals surface area (Å²) in [6, 6.07) is 17.6. The zero-order valence-electron chi connectivity index (χ0n) is 11.9. The molecule has 0 amide bonds. The molecule has 0 aliphatic carbocycles. The van der Waals surface area contributed by atoms with Gasteiger partial charge in [0.25, 0.3) is 6.33 Å². The van der Waals surface area contributed by atoms with Crippen LogP contribution in [-0.2, 0) is 13.1 Å². The maximum absolute atomic E-state index is 12.3. The van der Waals surface area contributed by atoms with E-state index in [9.17, 15) is 4.79 Å². The lowest BCUT2D eigenvalue weighted by molar-refractivity contribution is -0.689. The van der Waals surface area contributed by atoms with Crippen LogP contribution >= 0.6 is 15.9 Å². The van der Waals surface area contributed by atoms with Crippen LogP contribution in [0.4, 0.5) is 0 Å². The average Bonchev–Trinajstić information content (AvgIpc) is 2.95. The van der Waals surface area contributed by atoms with Gasteiger partial charge in [0.05, 0.1) is 6.54 Å². The highest BCUT2D eigenvalue weighted by Crippen LogP contribution is 2.16. The minimum atomic E-state index is 0.0300. The number of ketones is 1. The summed E-state index contributed by atoms with van der Waals surface area (Å²) in [4.78, 5) is 12.3. The third-order valence-electron chi connectivity index (χ3n) is 3.32. The zero-order valence-corrected chi connectivity index (χ0v) is 13.5. The maximum atomic E-state index is 12.3. The van der Waals surface area contributed by atoms with Crippen LogP contribution in [0.15, 0.2) is 71.7 Å². The lowest BCUT2D eigenvalue weighted by Gasteiger charge is -2.00. The van der Waals surface area contributed by atoms with Crippen molar-refractivity contribution in [3.63, 3.8) is 0 Å². The Kier molecular flexibility index (Phi) is 4.44. The van der Waals surface area contributed by atoms with Gasteiger partial charge in [-0.15, -0.1) is 4.68 Å². The molecule has 1 aromatic heterocycles. The zero-order chi connectivity index (χ0) is 15.4. The molecule has 0 saturated carbocycles. The fourth-order valence-electron chi connectivity index (χ4n) is 2.24. The molecule has 0 N–H and O–H groups in total. The van der Waals surface area contributed by atoms with Crippen LogP contribution in [0.2, 0.25) is 0 Å². The van der Waals surface area contributed by atoms with Crippen molar-refractivity contribution in [1.82, 2.24) is 9.78 Å². The van der Waals surface area contributed by atoms with Gasteiger partial charge >= 0.3 is 0 Å². The molecule has 3 rings (SSSR count). The molecule has 0 atom stereocenters. The van der Waals surface area contributed by atoms with Crippen molar-refractivity contribution >= 4 is 21.7 Å². The van der Waals surface area contributed by atoms with Gasteiger partial charge in [0.15, 0.2) is 6.54 Å². The first-order valence-electron chi connectivity index (χ1n) is 6.95. The van der Waals surface area contributed by atoms with Crippen LogP contribution in [0.3, 0.4) is 0 Å². The van der Waals surface area contributed by atoms with Crippen molar-refractivity contribution in [3.8, 4) is 0 Å². The fourth-order valence-corrected chi connectivity index (χ4v) is 2.75. The molecule has 0 fully saturated rings. The number of hydrogen-bond donors (Lipinski definition) is 0. The normalized spacial score (nSPS) is 10.6. The number of aromatic nitrogens is 3. The summed E-state index contributed by atoms with van der Waals surface area (Å²) in [7, 11) is 0. The van der Waals surface area contributed by atoms with E-state index >= 15 is 0 Å². The van der Waals surface area contributed by atoms with Gasteiger partial charge in [-0.25, -0.2) is 4.57 Å². The number of benzene rings is 2. The Morgan fingerprint density at radius 2 is 1.82 bits per heavy atom. The number of nitrogens with zero attached hydrogens (tertiary/aromatic N) is 3. The molecule has 22 heavy (non-hydrogen) atoms. The minimum Gasteiger partial charge on any atom is -0.290 e. The second-order valence-electron chi connectivity index (χ2n) is 5.00. The number of carbonyl (C=O) groups excluding carboxylic acids is 1. The van der Waals surface area contributed by atoms with Crippen molar-refractivity contribution in [1.29, 1.82) is 0 Å². The third kappa shape index (κ3) is 3.49. The lowest BCUT2D eigenvalue weighted by atomic mass is 10.1. The van der Waals surface area contributed by atoms with E-state index in [-0.39, 0.29) is 12.3 Å². The van der Waals surface area contributed by atoms with E-state index in [2.05, 4.69) is 33.2 Å². The van der Waals surface area contributed by atoms with Crippen molar-refractivity contribution in [2.45, 2.75) is 13.1 Å². The predicted octanol–water partition coefficient (Wildman–Crippen LogP) is 2.86. The predicted molar refractivity (Wildman–Crippen MR) is 86.4 cm³/mol. The van der Waals surface area contributed by atoms with E-state index in [1.165, 1.54) is 5.56 Å². The highest BCUT2D eigenvalue weighted by Gasteiger charge is 2.15. The minimum absolute atomic E-state index is 0.0300. The maximum Gasteiger partial charge on any atom is 0.265 e. The molecular formula is C17H15BrN3O+. The summed E-state index contributed by atoms with van der Waals surface area (Å²) in [5.74, 6) is 0.0300. The number of halogens is 1. The Morgan fingerprint density at radius 1 is 1.09 bits per heavy atom. The summed E-state index contributed by atoms with van der Waals surface area (Å²) >= 11 is 3.40. The summed E-state index contributed by atoms with van der Waals surface area (Å²) in [6.45, 7) is 0.967. The summed E-state index contributed by atoms with van der Waals surface area (Å²) < 4.78 is 4.43. The van der Waals surface area contributed by atoms with Gasteiger partial charge in [-0.05, 0) is 11.6 Å². The Hall–Kier alpha value is -2.27. The largest absolute Gasteiger partial charge is 0.290 e. The van der Waals surface area contributed by atoms with Crippen molar-refractivity contribution in [2.75, 3.05) is 0 Å². The quantitative estimate of drug-likeness (QED) is 0.520. The number of rotatable bonds is 5. The molecule has 1 heterocycles. The van der Waals surface area contributed by atoms with Crippen LogP contribution in [0.1, 0.15) is 15.9 Å². The Morgan fingerprint density at radius 3 is 2.59 bits per heavy atom. The first-order valence-corrected chi connectivity index (χ1v) is 7.75. The van der Waals surface area contributed by atoms with Crippen molar-refractivity contribution in [3.05, 3.63) is 82.9 Å². The van der Waals surface area contributed by atoms with E-state index in [1.54, 1.807) is 11.0 Å². The van der Waals surface area contributed by atoms with Gasteiger partial charge in [0.1, 0.15) is 0 Å². The van der Waals surface area contributed by atoms with Crippen molar-refractivity contribution < 1.29 is 9.36 Å². The molecule has 0 spiro atoms. The molecule has 0 bridgehead atoms. The molecule has 0 aliphatic rings. The Labute approximate surface area is 137 Å². The summed E-state index contributed by atoms with van der Waals surface area (Å²) in [6.07, 6.45) is 3.59.